The lowest BCUT2D eigenvalue weighted by atomic mass is 10.0. The number of rotatable bonds is 4. The number of anilines is 2. The van der Waals surface area contributed by atoms with Gasteiger partial charge in [0.2, 0.25) is 5.91 Å². The molecule has 7 nitrogen and oxygen atoms in total. The number of hydrogen-bond acceptors (Lipinski definition) is 4. The fourth-order valence-electron chi connectivity index (χ4n) is 3.91. The summed E-state index contributed by atoms with van der Waals surface area (Å²) in [5.74, 6) is -0.215. The number of amides is 3. The van der Waals surface area contributed by atoms with E-state index in [1.165, 1.54) is 4.90 Å². The molecule has 162 valence electrons. The van der Waals surface area contributed by atoms with Crippen molar-refractivity contribution in [1.82, 2.24) is 4.90 Å². The molecule has 0 atom stereocenters. The summed E-state index contributed by atoms with van der Waals surface area (Å²) in [5, 5.41) is 2.86. The molecule has 0 aromatic heterocycles. The van der Waals surface area contributed by atoms with Crippen LogP contribution in [0.1, 0.15) is 42.6 Å². The second-order valence-electron chi connectivity index (χ2n) is 8.59. The van der Waals surface area contributed by atoms with E-state index >= 15 is 0 Å². The molecule has 2 aromatic carbocycles. The van der Waals surface area contributed by atoms with E-state index in [0.717, 1.165) is 18.4 Å². The van der Waals surface area contributed by atoms with Gasteiger partial charge in [0.25, 0.3) is 11.8 Å². The first-order valence-corrected chi connectivity index (χ1v) is 10.6. The molecule has 2 aliphatic rings. The summed E-state index contributed by atoms with van der Waals surface area (Å²) in [6, 6.07) is 12.5. The molecule has 3 amide bonds. The number of carbonyl (C=O) groups is 3. The van der Waals surface area contributed by atoms with Gasteiger partial charge in [-0.05, 0) is 63.9 Å². The molecule has 4 rings (SSSR count). The summed E-state index contributed by atoms with van der Waals surface area (Å²) in [4.78, 5) is 41.9. The number of likely N-dealkylation sites (tertiary alicyclic amines) is 1. The highest BCUT2D eigenvalue weighted by Crippen LogP contribution is 2.38. The molecule has 0 aliphatic carbocycles. The van der Waals surface area contributed by atoms with Crippen molar-refractivity contribution in [2.45, 2.75) is 39.2 Å². The van der Waals surface area contributed by atoms with E-state index in [-0.39, 0.29) is 24.3 Å². The lowest BCUT2D eigenvalue weighted by Gasteiger charge is -2.39. The average molecular weight is 421 g/mol. The average Bonchev–Trinajstić information content (AvgIpc) is 3.27. The fourth-order valence-corrected chi connectivity index (χ4v) is 3.91. The zero-order chi connectivity index (χ0) is 22.2. The van der Waals surface area contributed by atoms with Crippen LogP contribution in [0.2, 0.25) is 0 Å². The number of nitrogens with one attached hydrogen (secondary N) is 1. The van der Waals surface area contributed by atoms with Crippen molar-refractivity contribution < 1.29 is 19.1 Å². The zero-order valence-electron chi connectivity index (χ0n) is 18.1. The second kappa shape index (κ2) is 8.06. The third kappa shape index (κ3) is 4.26. The molecule has 2 aromatic rings. The Balaban J connectivity index is 1.62. The van der Waals surface area contributed by atoms with E-state index in [1.807, 2.05) is 31.2 Å². The number of fused-ring (bicyclic) bond motifs is 1. The highest BCUT2D eigenvalue weighted by Gasteiger charge is 2.42. The van der Waals surface area contributed by atoms with Gasteiger partial charge in [0.15, 0.2) is 5.60 Å². The van der Waals surface area contributed by atoms with Gasteiger partial charge < -0.3 is 15.0 Å². The van der Waals surface area contributed by atoms with Crippen LogP contribution in [0.5, 0.6) is 5.75 Å². The molecular weight excluding hydrogens is 394 g/mol. The Hall–Kier alpha value is -3.35. The van der Waals surface area contributed by atoms with Gasteiger partial charge in [0.05, 0.1) is 5.69 Å². The first-order chi connectivity index (χ1) is 14.7. The maximum absolute atomic E-state index is 13.1. The van der Waals surface area contributed by atoms with Gasteiger partial charge in [-0.1, -0.05) is 17.7 Å². The lowest BCUT2D eigenvalue weighted by Crippen LogP contribution is -2.55. The van der Waals surface area contributed by atoms with Gasteiger partial charge in [-0.25, -0.2) is 0 Å². The van der Waals surface area contributed by atoms with Crippen LogP contribution in [0, 0.1) is 6.92 Å². The van der Waals surface area contributed by atoms with Gasteiger partial charge >= 0.3 is 0 Å². The molecular formula is C24H27N3O4. The largest absolute Gasteiger partial charge is 0.476 e. The summed E-state index contributed by atoms with van der Waals surface area (Å²) in [6.07, 6.45) is 1.96. The van der Waals surface area contributed by atoms with Crippen molar-refractivity contribution in [2.75, 3.05) is 29.9 Å². The Morgan fingerprint density at radius 3 is 2.42 bits per heavy atom. The molecule has 2 heterocycles. The van der Waals surface area contributed by atoms with Crippen molar-refractivity contribution in [3.05, 3.63) is 53.6 Å². The molecule has 0 radical (unpaired) electrons. The second-order valence-corrected chi connectivity index (χ2v) is 8.59. The van der Waals surface area contributed by atoms with Crippen LogP contribution in [0.15, 0.2) is 42.5 Å². The van der Waals surface area contributed by atoms with Crippen molar-refractivity contribution in [1.29, 1.82) is 0 Å². The Morgan fingerprint density at radius 1 is 1.06 bits per heavy atom. The van der Waals surface area contributed by atoms with E-state index in [4.69, 9.17) is 4.74 Å². The molecule has 1 fully saturated rings. The van der Waals surface area contributed by atoms with Crippen LogP contribution in [0.25, 0.3) is 0 Å². The fraction of sp³-hybridized carbons (Fsp3) is 0.375. The summed E-state index contributed by atoms with van der Waals surface area (Å²) >= 11 is 0. The van der Waals surface area contributed by atoms with Crippen LogP contribution < -0.4 is 15.0 Å². The lowest BCUT2D eigenvalue weighted by molar-refractivity contribution is -0.136. The molecule has 7 heteroatoms. The maximum Gasteiger partial charge on any atom is 0.271 e. The minimum Gasteiger partial charge on any atom is -0.476 e. The first-order valence-electron chi connectivity index (χ1n) is 10.6. The van der Waals surface area contributed by atoms with Gasteiger partial charge in [-0.15, -0.1) is 0 Å². The normalized spacial score (nSPS) is 17.2. The quantitative estimate of drug-likeness (QED) is 0.821. The SMILES string of the molecule is Cc1ccc(NC(=O)c2ccc3c(c2)N(CC(=O)N2CCCC2)C(=O)C(C)(C)O3)cc1. The van der Waals surface area contributed by atoms with Gasteiger partial charge in [0.1, 0.15) is 12.3 Å². The van der Waals surface area contributed by atoms with Crippen LogP contribution in [-0.2, 0) is 9.59 Å². The van der Waals surface area contributed by atoms with Crippen molar-refractivity contribution in [3.8, 4) is 5.75 Å². The van der Waals surface area contributed by atoms with Crippen LogP contribution in [0.3, 0.4) is 0 Å². The smallest absolute Gasteiger partial charge is 0.271 e. The van der Waals surface area contributed by atoms with E-state index in [9.17, 15) is 14.4 Å². The van der Waals surface area contributed by atoms with Crippen molar-refractivity contribution in [3.63, 3.8) is 0 Å². The molecule has 2 aliphatic heterocycles. The minimum atomic E-state index is -1.09. The third-order valence-electron chi connectivity index (χ3n) is 5.70. The first kappa shape index (κ1) is 20.9. The topological polar surface area (TPSA) is 79.0 Å². The van der Waals surface area contributed by atoms with Gasteiger partial charge in [-0.2, -0.15) is 0 Å². The van der Waals surface area contributed by atoms with E-state index < -0.39 is 5.60 Å². The number of carbonyl (C=O) groups excluding carboxylic acids is 3. The van der Waals surface area contributed by atoms with E-state index in [0.29, 0.717) is 35.8 Å². The van der Waals surface area contributed by atoms with Crippen molar-refractivity contribution >= 4 is 29.1 Å². The third-order valence-corrected chi connectivity index (χ3v) is 5.70. The number of hydrogen-bond donors (Lipinski definition) is 1. The predicted octanol–water partition coefficient (Wildman–Crippen LogP) is 3.37. The Labute approximate surface area is 182 Å². The number of aryl methyl sites for hydroxylation is 1. The number of benzene rings is 2. The summed E-state index contributed by atoms with van der Waals surface area (Å²) < 4.78 is 5.89. The molecule has 0 saturated carbocycles. The Morgan fingerprint density at radius 2 is 1.74 bits per heavy atom. The summed E-state index contributed by atoms with van der Waals surface area (Å²) in [5.41, 5.74) is 1.51. The van der Waals surface area contributed by atoms with Gasteiger partial charge in [-0.3, -0.25) is 19.3 Å². The molecule has 0 bridgehead atoms. The Bertz CT molecular complexity index is 1020. The molecule has 0 spiro atoms. The predicted molar refractivity (Wildman–Crippen MR) is 118 cm³/mol. The number of nitrogens with zero attached hydrogens (tertiary/aromatic N) is 2. The van der Waals surface area contributed by atoms with Gasteiger partial charge in [0, 0.05) is 24.3 Å². The van der Waals surface area contributed by atoms with Crippen LogP contribution in [-0.4, -0.2) is 47.9 Å². The van der Waals surface area contributed by atoms with E-state index in [1.54, 1.807) is 36.9 Å². The van der Waals surface area contributed by atoms with Crippen LogP contribution >= 0.6 is 0 Å². The summed E-state index contributed by atoms with van der Waals surface area (Å²) in [7, 11) is 0. The molecule has 1 saturated heterocycles. The minimum absolute atomic E-state index is 0.0678. The Kier molecular flexibility index (Phi) is 5.43. The highest BCUT2D eigenvalue weighted by molar-refractivity contribution is 6.09. The van der Waals surface area contributed by atoms with Crippen LogP contribution in [0.4, 0.5) is 11.4 Å². The molecule has 1 N–H and O–H groups in total. The number of ether oxygens (including phenoxy) is 1. The highest BCUT2D eigenvalue weighted by atomic mass is 16.5. The molecule has 0 unspecified atom stereocenters. The zero-order valence-corrected chi connectivity index (χ0v) is 18.1. The standard InChI is InChI=1S/C24H27N3O4/c1-16-6-9-18(10-7-16)25-22(29)17-8-11-20-19(14-17)27(23(30)24(2,3)31-20)15-21(28)26-12-4-5-13-26/h6-11,14H,4-5,12-13,15H2,1-3H3,(H,25,29). The summed E-state index contributed by atoms with van der Waals surface area (Å²) in [6.45, 7) is 6.71. The van der Waals surface area contributed by atoms with Crippen molar-refractivity contribution in [2.24, 2.45) is 0 Å². The molecule has 31 heavy (non-hydrogen) atoms. The maximum atomic E-state index is 13.1. The monoisotopic (exact) mass is 421 g/mol. The van der Waals surface area contributed by atoms with E-state index in [2.05, 4.69) is 5.32 Å².